The lowest BCUT2D eigenvalue weighted by Gasteiger charge is -2.24. The average molecular weight is 301 g/mol. The first-order valence-corrected chi connectivity index (χ1v) is 6.93. The highest BCUT2D eigenvalue weighted by Crippen LogP contribution is 2.35. The Balaban J connectivity index is 2.02. The van der Waals surface area contributed by atoms with Crippen molar-refractivity contribution in [3.8, 4) is 0 Å². The zero-order valence-electron chi connectivity index (χ0n) is 11.1. The number of hydrogen-bond donors (Lipinski definition) is 1. The molecule has 106 valence electrons. The number of carboxylic acid groups (broad SMARTS) is 1. The first-order chi connectivity index (χ1) is 10.1. The highest BCUT2D eigenvalue weighted by Gasteiger charge is 2.32. The highest BCUT2D eigenvalue weighted by molar-refractivity contribution is 6.36. The lowest BCUT2D eigenvalue weighted by molar-refractivity contribution is -0.129. The second-order valence-corrected chi connectivity index (χ2v) is 5.24. The van der Waals surface area contributed by atoms with Gasteiger partial charge in [0, 0.05) is 11.4 Å². The van der Waals surface area contributed by atoms with E-state index >= 15 is 0 Å². The molecular weight excluding hydrogens is 288 g/mol. The number of aliphatic carboxylic acids is 1. The van der Waals surface area contributed by atoms with Crippen LogP contribution in [0.1, 0.15) is 18.0 Å². The Hall–Kier alpha value is -2.33. The van der Waals surface area contributed by atoms with Crippen molar-refractivity contribution in [2.75, 3.05) is 5.01 Å². The predicted octanol–water partition coefficient (Wildman–Crippen LogP) is 3.73. The molecule has 2 aromatic carbocycles. The molecule has 1 heterocycles. The Morgan fingerprint density at radius 3 is 2.62 bits per heavy atom. The van der Waals surface area contributed by atoms with Crippen LogP contribution in [0, 0.1) is 0 Å². The van der Waals surface area contributed by atoms with Crippen LogP contribution in [0.2, 0.25) is 5.02 Å². The summed E-state index contributed by atoms with van der Waals surface area (Å²) in [7, 11) is 0. The molecule has 0 bridgehead atoms. The van der Waals surface area contributed by atoms with Gasteiger partial charge in [-0.25, -0.2) is 4.79 Å². The number of carbonyl (C=O) groups is 1. The van der Waals surface area contributed by atoms with E-state index in [1.54, 1.807) is 17.1 Å². The number of anilines is 1. The molecule has 0 amide bonds. The van der Waals surface area contributed by atoms with Gasteiger partial charge in [0.1, 0.15) is 5.71 Å². The molecule has 5 heteroatoms. The molecule has 0 aromatic heterocycles. The van der Waals surface area contributed by atoms with Crippen molar-refractivity contribution in [2.45, 2.75) is 12.5 Å². The van der Waals surface area contributed by atoms with Crippen molar-refractivity contribution < 1.29 is 9.90 Å². The van der Waals surface area contributed by atoms with E-state index in [0.717, 1.165) is 11.3 Å². The molecule has 21 heavy (non-hydrogen) atoms. The van der Waals surface area contributed by atoms with Crippen molar-refractivity contribution in [3.63, 3.8) is 0 Å². The predicted molar refractivity (Wildman–Crippen MR) is 82.8 cm³/mol. The topological polar surface area (TPSA) is 52.9 Å². The number of hydrazone groups is 1. The minimum Gasteiger partial charge on any atom is -0.477 e. The summed E-state index contributed by atoms with van der Waals surface area (Å²) in [6, 6.07) is 16.9. The summed E-state index contributed by atoms with van der Waals surface area (Å²) in [4.78, 5) is 11.2. The first-order valence-electron chi connectivity index (χ1n) is 6.55. The number of rotatable bonds is 3. The Morgan fingerprint density at radius 1 is 1.19 bits per heavy atom. The molecule has 0 spiro atoms. The minimum atomic E-state index is -0.986. The molecule has 0 unspecified atom stereocenters. The largest absolute Gasteiger partial charge is 0.477 e. The third-order valence-corrected chi connectivity index (χ3v) is 3.65. The number of benzene rings is 2. The van der Waals surface area contributed by atoms with E-state index in [1.165, 1.54) is 0 Å². The molecule has 1 atom stereocenters. The van der Waals surface area contributed by atoms with Crippen molar-refractivity contribution in [3.05, 3.63) is 65.2 Å². The van der Waals surface area contributed by atoms with Crippen molar-refractivity contribution in [1.82, 2.24) is 0 Å². The molecule has 0 saturated heterocycles. The Bertz CT molecular complexity index is 700. The molecule has 4 nitrogen and oxygen atoms in total. The first kappa shape index (κ1) is 13.6. The zero-order valence-corrected chi connectivity index (χ0v) is 11.9. The van der Waals surface area contributed by atoms with E-state index in [9.17, 15) is 9.90 Å². The Morgan fingerprint density at radius 2 is 1.95 bits per heavy atom. The third kappa shape index (κ3) is 2.76. The van der Waals surface area contributed by atoms with Gasteiger partial charge in [-0.3, -0.25) is 5.01 Å². The van der Waals surface area contributed by atoms with E-state index in [4.69, 9.17) is 11.6 Å². The lowest BCUT2D eigenvalue weighted by Crippen LogP contribution is -2.18. The maximum atomic E-state index is 11.2. The van der Waals surface area contributed by atoms with E-state index in [-0.39, 0.29) is 11.8 Å². The van der Waals surface area contributed by atoms with Gasteiger partial charge in [0.25, 0.3) is 0 Å². The average Bonchev–Trinajstić information content (AvgIpc) is 2.93. The monoisotopic (exact) mass is 300 g/mol. The molecule has 3 rings (SSSR count). The summed E-state index contributed by atoms with van der Waals surface area (Å²) in [5, 5.41) is 15.8. The van der Waals surface area contributed by atoms with Crippen LogP contribution in [-0.2, 0) is 4.79 Å². The van der Waals surface area contributed by atoms with Gasteiger partial charge >= 0.3 is 5.97 Å². The van der Waals surface area contributed by atoms with E-state index in [0.29, 0.717) is 11.4 Å². The standard InChI is InChI=1S/C16H13ClN2O2/c17-12-7-4-8-13(9-12)19-15(10-14(18-19)16(20)21)11-5-2-1-3-6-11/h1-9,15H,10H2,(H,20,21)/t15-/m1/s1. The van der Waals surface area contributed by atoms with Crippen LogP contribution in [0.25, 0.3) is 0 Å². The smallest absolute Gasteiger partial charge is 0.352 e. The van der Waals surface area contributed by atoms with E-state index in [1.807, 2.05) is 42.5 Å². The van der Waals surface area contributed by atoms with Crippen LogP contribution in [0.5, 0.6) is 0 Å². The Labute approximate surface area is 127 Å². The van der Waals surface area contributed by atoms with Gasteiger partial charge in [0.15, 0.2) is 0 Å². The maximum Gasteiger partial charge on any atom is 0.352 e. The van der Waals surface area contributed by atoms with Gasteiger partial charge in [-0.05, 0) is 23.8 Å². The normalized spacial score (nSPS) is 17.7. The van der Waals surface area contributed by atoms with Gasteiger partial charge in [-0.1, -0.05) is 48.0 Å². The van der Waals surface area contributed by atoms with Crippen LogP contribution >= 0.6 is 11.6 Å². The fourth-order valence-corrected chi connectivity index (χ4v) is 2.62. The van der Waals surface area contributed by atoms with Crippen LogP contribution in [-0.4, -0.2) is 16.8 Å². The van der Waals surface area contributed by atoms with Gasteiger partial charge in [-0.15, -0.1) is 0 Å². The minimum absolute atomic E-state index is 0.129. The van der Waals surface area contributed by atoms with Gasteiger partial charge in [-0.2, -0.15) is 5.10 Å². The SMILES string of the molecule is O=C(O)C1=NN(c2cccc(Cl)c2)[C@@H](c2ccccc2)C1. The summed E-state index contributed by atoms with van der Waals surface area (Å²) in [6.07, 6.45) is 0.367. The molecule has 1 N–H and O–H groups in total. The van der Waals surface area contributed by atoms with Gasteiger partial charge in [0.2, 0.25) is 0 Å². The molecule has 0 radical (unpaired) electrons. The van der Waals surface area contributed by atoms with Crippen molar-refractivity contribution in [2.24, 2.45) is 5.10 Å². The van der Waals surface area contributed by atoms with Crippen LogP contribution in [0.15, 0.2) is 59.7 Å². The summed E-state index contributed by atoms with van der Waals surface area (Å²) in [6.45, 7) is 0. The molecule has 0 fully saturated rings. The molecular formula is C16H13ClN2O2. The highest BCUT2D eigenvalue weighted by atomic mass is 35.5. The quantitative estimate of drug-likeness (QED) is 0.939. The Kier molecular flexibility index (Phi) is 3.62. The second-order valence-electron chi connectivity index (χ2n) is 4.81. The number of carboxylic acids is 1. The molecule has 0 saturated carbocycles. The fourth-order valence-electron chi connectivity index (χ4n) is 2.43. The van der Waals surface area contributed by atoms with Crippen LogP contribution < -0.4 is 5.01 Å². The van der Waals surface area contributed by atoms with E-state index < -0.39 is 5.97 Å². The summed E-state index contributed by atoms with van der Waals surface area (Å²) in [5.74, 6) is -0.986. The van der Waals surface area contributed by atoms with Crippen molar-refractivity contribution in [1.29, 1.82) is 0 Å². The summed E-state index contributed by atoms with van der Waals surface area (Å²) < 4.78 is 0. The fraction of sp³-hybridized carbons (Fsp3) is 0.125. The van der Waals surface area contributed by atoms with E-state index in [2.05, 4.69) is 5.10 Å². The maximum absolute atomic E-state index is 11.2. The molecule has 1 aliphatic rings. The second kappa shape index (κ2) is 5.58. The molecule has 0 aliphatic carbocycles. The lowest BCUT2D eigenvalue weighted by atomic mass is 10.0. The summed E-state index contributed by atoms with van der Waals surface area (Å²) >= 11 is 6.02. The molecule has 2 aromatic rings. The van der Waals surface area contributed by atoms with Crippen LogP contribution in [0.4, 0.5) is 5.69 Å². The molecule has 1 aliphatic heterocycles. The summed E-state index contributed by atoms with van der Waals surface area (Å²) in [5.41, 5.74) is 1.97. The number of nitrogens with zero attached hydrogens (tertiary/aromatic N) is 2. The van der Waals surface area contributed by atoms with Crippen LogP contribution in [0.3, 0.4) is 0 Å². The van der Waals surface area contributed by atoms with Gasteiger partial charge < -0.3 is 5.11 Å². The zero-order chi connectivity index (χ0) is 14.8. The third-order valence-electron chi connectivity index (χ3n) is 3.41. The number of hydrogen-bond acceptors (Lipinski definition) is 3. The van der Waals surface area contributed by atoms with Gasteiger partial charge in [0.05, 0.1) is 11.7 Å². The number of halogens is 1. The van der Waals surface area contributed by atoms with Crippen molar-refractivity contribution >= 4 is 29.0 Å².